The highest BCUT2D eigenvalue weighted by atomic mass is 19.4. The molecule has 0 aliphatic carbocycles. The monoisotopic (exact) mass is 249 g/mol. The van der Waals surface area contributed by atoms with Gasteiger partial charge in [-0.05, 0) is 19.1 Å². The van der Waals surface area contributed by atoms with Crippen molar-refractivity contribution in [2.75, 3.05) is 7.11 Å². The van der Waals surface area contributed by atoms with Gasteiger partial charge in [0.1, 0.15) is 5.75 Å². The van der Waals surface area contributed by atoms with Gasteiger partial charge >= 0.3 is 6.18 Å². The summed E-state index contributed by atoms with van der Waals surface area (Å²) in [7, 11) is 1.26. The normalized spacial score (nSPS) is 15.5. The van der Waals surface area contributed by atoms with Crippen LogP contribution in [0.15, 0.2) is 18.2 Å². The SMILES string of the molecule is COc1cc(C(F)(F)F)ccc1[C@@H](N)[C@H](C)O. The van der Waals surface area contributed by atoms with Crippen LogP contribution in [0.4, 0.5) is 13.2 Å². The molecule has 3 nitrogen and oxygen atoms in total. The largest absolute Gasteiger partial charge is 0.496 e. The first-order valence-electron chi connectivity index (χ1n) is 4.96. The van der Waals surface area contributed by atoms with Crippen LogP contribution < -0.4 is 10.5 Å². The third kappa shape index (κ3) is 3.10. The third-order valence-electron chi connectivity index (χ3n) is 2.44. The fourth-order valence-electron chi connectivity index (χ4n) is 1.42. The van der Waals surface area contributed by atoms with Crippen molar-refractivity contribution in [2.24, 2.45) is 5.73 Å². The summed E-state index contributed by atoms with van der Waals surface area (Å²) in [6.45, 7) is 1.46. The first kappa shape index (κ1) is 13.8. The van der Waals surface area contributed by atoms with E-state index in [0.29, 0.717) is 5.56 Å². The van der Waals surface area contributed by atoms with E-state index in [-0.39, 0.29) is 5.75 Å². The van der Waals surface area contributed by atoms with Crippen molar-refractivity contribution >= 4 is 0 Å². The van der Waals surface area contributed by atoms with Crippen molar-refractivity contribution in [3.05, 3.63) is 29.3 Å². The lowest BCUT2D eigenvalue weighted by atomic mass is 10.0. The van der Waals surface area contributed by atoms with Crippen molar-refractivity contribution in [3.8, 4) is 5.75 Å². The summed E-state index contributed by atoms with van der Waals surface area (Å²) >= 11 is 0. The summed E-state index contributed by atoms with van der Waals surface area (Å²) in [5, 5.41) is 9.32. The molecule has 0 saturated carbocycles. The van der Waals surface area contributed by atoms with Crippen LogP contribution in [0.1, 0.15) is 24.1 Å². The van der Waals surface area contributed by atoms with Crippen molar-refractivity contribution in [3.63, 3.8) is 0 Å². The zero-order valence-corrected chi connectivity index (χ0v) is 9.45. The molecule has 1 aromatic carbocycles. The summed E-state index contributed by atoms with van der Waals surface area (Å²) in [6.07, 6.45) is -5.30. The molecule has 1 rings (SSSR count). The zero-order chi connectivity index (χ0) is 13.2. The lowest BCUT2D eigenvalue weighted by Crippen LogP contribution is -2.24. The number of aliphatic hydroxyl groups is 1. The first-order chi connectivity index (χ1) is 7.77. The Labute approximate surface area is 97.0 Å². The van der Waals surface area contributed by atoms with Crippen LogP contribution in [0, 0.1) is 0 Å². The molecule has 0 fully saturated rings. The second-order valence-electron chi connectivity index (χ2n) is 3.72. The standard InChI is InChI=1S/C11H14F3NO2/c1-6(16)10(15)8-4-3-7(11(12,13)14)5-9(8)17-2/h3-6,10,16H,15H2,1-2H3/t6-,10-/m0/s1. The molecule has 0 saturated heterocycles. The first-order valence-corrected chi connectivity index (χ1v) is 4.96. The summed E-state index contributed by atoms with van der Waals surface area (Å²) in [5.74, 6) is 0.0215. The van der Waals surface area contributed by atoms with Crippen molar-refractivity contribution < 1.29 is 23.0 Å². The van der Waals surface area contributed by atoms with E-state index in [1.807, 2.05) is 0 Å². The molecular weight excluding hydrogens is 235 g/mol. The summed E-state index contributed by atoms with van der Waals surface area (Å²) in [6, 6.07) is 2.23. The average Bonchev–Trinajstić information content (AvgIpc) is 2.25. The van der Waals surface area contributed by atoms with E-state index in [0.717, 1.165) is 12.1 Å². The van der Waals surface area contributed by atoms with Gasteiger partial charge in [-0.1, -0.05) is 6.07 Å². The van der Waals surface area contributed by atoms with Gasteiger partial charge in [-0.3, -0.25) is 0 Å². The van der Waals surface area contributed by atoms with Gasteiger partial charge in [-0.2, -0.15) is 13.2 Å². The molecule has 0 aromatic heterocycles. The summed E-state index contributed by atoms with van der Waals surface area (Å²) < 4.78 is 42.2. The van der Waals surface area contributed by atoms with Gasteiger partial charge in [0, 0.05) is 5.56 Å². The highest BCUT2D eigenvalue weighted by Crippen LogP contribution is 2.35. The Balaban J connectivity index is 3.19. The van der Waals surface area contributed by atoms with Gasteiger partial charge in [0.2, 0.25) is 0 Å². The number of hydrogen-bond donors (Lipinski definition) is 2. The van der Waals surface area contributed by atoms with E-state index < -0.39 is 23.9 Å². The van der Waals surface area contributed by atoms with Crippen LogP contribution >= 0.6 is 0 Å². The molecule has 1 aromatic rings. The number of nitrogens with two attached hydrogens (primary N) is 1. The lowest BCUT2D eigenvalue weighted by Gasteiger charge is -2.19. The average molecular weight is 249 g/mol. The highest BCUT2D eigenvalue weighted by Gasteiger charge is 2.32. The minimum atomic E-state index is -4.43. The van der Waals surface area contributed by atoms with Gasteiger partial charge < -0.3 is 15.6 Å². The number of hydrogen-bond acceptors (Lipinski definition) is 3. The molecule has 0 unspecified atom stereocenters. The molecule has 0 aliphatic heterocycles. The summed E-state index contributed by atoms with van der Waals surface area (Å²) in [5.41, 5.74) is 5.20. The van der Waals surface area contributed by atoms with Crippen LogP contribution in [0.3, 0.4) is 0 Å². The van der Waals surface area contributed by atoms with Crippen molar-refractivity contribution in [2.45, 2.75) is 25.2 Å². The Bertz CT molecular complexity index is 391. The van der Waals surface area contributed by atoms with E-state index in [1.165, 1.54) is 20.1 Å². The van der Waals surface area contributed by atoms with Crippen LogP contribution in [0.5, 0.6) is 5.75 Å². The predicted octanol–water partition coefficient (Wildman–Crippen LogP) is 2.09. The van der Waals surface area contributed by atoms with E-state index >= 15 is 0 Å². The fourth-order valence-corrected chi connectivity index (χ4v) is 1.42. The van der Waals surface area contributed by atoms with Gasteiger partial charge in [-0.25, -0.2) is 0 Å². The zero-order valence-electron chi connectivity index (χ0n) is 9.45. The molecule has 96 valence electrons. The van der Waals surface area contributed by atoms with Crippen LogP contribution in [0.25, 0.3) is 0 Å². The smallest absolute Gasteiger partial charge is 0.416 e. The van der Waals surface area contributed by atoms with E-state index in [4.69, 9.17) is 10.5 Å². The molecular formula is C11H14F3NO2. The molecule has 3 N–H and O–H groups in total. The molecule has 0 radical (unpaired) electrons. The number of halogens is 3. The second-order valence-corrected chi connectivity index (χ2v) is 3.72. The van der Waals surface area contributed by atoms with Crippen LogP contribution in [-0.4, -0.2) is 18.3 Å². The van der Waals surface area contributed by atoms with Crippen LogP contribution in [0.2, 0.25) is 0 Å². The fraction of sp³-hybridized carbons (Fsp3) is 0.455. The maximum Gasteiger partial charge on any atom is 0.416 e. The maximum absolute atomic E-state index is 12.5. The number of ether oxygens (including phenoxy) is 1. The second kappa shape index (κ2) is 4.93. The minimum absolute atomic E-state index is 0.0215. The topological polar surface area (TPSA) is 55.5 Å². The Kier molecular flexibility index (Phi) is 4.00. The quantitative estimate of drug-likeness (QED) is 0.862. The number of alkyl halides is 3. The van der Waals surface area contributed by atoms with E-state index in [9.17, 15) is 18.3 Å². The number of rotatable bonds is 3. The number of benzene rings is 1. The lowest BCUT2D eigenvalue weighted by molar-refractivity contribution is -0.137. The Hall–Kier alpha value is -1.27. The van der Waals surface area contributed by atoms with Gasteiger partial charge in [0.05, 0.1) is 24.8 Å². The molecule has 17 heavy (non-hydrogen) atoms. The van der Waals surface area contributed by atoms with Gasteiger partial charge in [0.15, 0.2) is 0 Å². The molecule has 0 spiro atoms. The Morgan fingerprint density at radius 3 is 2.35 bits per heavy atom. The maximum atomic E-state index is 12.5. The molecule has 6 heteroatoms. The van der Waals surface area contributed by atoms with E-state index in [1.54, 1.807) is 0 Å². The highest BCUT2D eigenvalue weighted by molar-refractivity contribution is 5.40. The molecule has 2 atom stereocenters. The van der Waals surface area contributed by atoms with Gasteiger partial charge in [0.25, 0.3) is 0 Å². The minimum Gasteiger partial charge on any atom is -0.496 e. The third-order valence-corrected chi connectivity index (χ3v) is 2.44. The summed E-state index contributed by atoms with van der Waals surface area (Å²) in [4.78, 5) is 0. The Morgan fingerprint density at radius 1 is 1.35 bits per heavy atom. The van der Waals surface area contributed by atoms with E-state index in [2.05, 4.69) is 0 Å². The molecule has 0 heterocycles. The van der Waals surface area contributed by atoms with Crippen molar-refractivity contribution in [1.29, 1.82) is 0 Å². The molecule has 0 bridgehead atoms. The van der Waals surface area contributed by atoms with Crippen LogP contribution in [-0.2, 0) is 6.18 Å². The molecule has 0 amide bonds. The number of methoxy groups -OCH3 is 1. The molecule has 0 aliphatic rings. The number of aliphatic hydroxyl groups excluding tert-OH is 1. The predicted molar refractivity (Wildman–Crippen MR) is 56.6 cm³/mol. The Morgan fingerprint density at radius 2 is 1.94 bits per heavy atom. The van der Waals surface area contributed by atoms with Gasteiger partial charge in [-0.15, -0.1) is 0 Å². The van der Waals surface area contributed by atoms with Crippen molar-refractivity contribution in [1.82, 2.24) is 0 Å².